The highest BCUT2D eigenvalue weighted by atomic mass is 16.3. The third-order valence-corrected chi connectivity index (χ3v) is 5.50. The maximum absolute atomic E-state index is 12.1. The zero-order chi connectivity index (χ0) is 27.0. The lowest BCUT2D eigenvalue weighted by molar-refractivity contribution is -0.119. The van der Waals surface area contributed by atoms with E-state index in [2.05, 4.69) is 85.2 Å². The molecule has 0 aliphatic carbocycles. The van der Waals surface area contributed by atoms with Gasteiger partial charge in [0.05, 0.1) is 5.56 Å². The number of hydrogen-bond acceptors (Lipinski definition) is 3. The molecule has 0 unspecified atom stereocenters. The van der Waals surface area contributed by atoms with Crippen LogP contribution >= 0.6 is 0 Å². The molecule has 0 bridgehead atoms. The number of allylic oxidation sites excluding steroid dienone is 12. The van der Waals surface area contributed by atoms with Crippen LogP contribution in [0.15, 0.2) is 91.1 Å². The highest BCUT2D eigenvalue weighted by Crippen LogP contribution is 2.18. The van der Waals surface area contributed by atoms with Gasteiger partial charge in [0.2, 0.25) is 0 Å². The van der Waals surface area contributed by atoms with Crippen LogP contribution in [0.3, 0.4) is 0 Å². The van der Waals surface area contributed by atoms with E-state index in [-0.39, 0.29) is 23.0 Å². The summed E-state index contributed by atoms with van der Waals surface area (Å²) in [4.78, 5) is 24.1. The highest BCUT2D eigenvalue weighted by Gasteiger charge is 2.10. The fourth-order valence-electron chi connectivity index (χ4n) is 3.43. The molecule has 0 aromatic heterocycles. The first-order chi connectivity index (χ1) is 18.0. The van der Waals surface area contributed by atoms with Gasteiger partial charge in [0.1, 0.15) is 11.5 Å². The summed E-state index contributed by atoms with van der Waals surface area (Å²) in [5.74, 6) is -0.139. The van der Waals surface area contributed by atoms with Crippen molar-refractivity contribution in [2.45, 2.75) is 78.1 Å². The van der Waals surface area contributed by atoms with Crippen molar-refractivity contribution in [1.82, 2.24) is 5.32 Å². The number of hydrogen-bond donors (Lipinski definition) is 2. The fourth-order valence-corrected chi connectivity index (χ4v) is 3.43. The molecule has 1 aromatic carbocycles. The second kappa shape index (κ2) is 21.8. The number of phenolic OH excluding ortho intramolecular Hbond substituents is 1. The Kier molecular flexibility index (Phi) is 18.7. The molecule has 1 rings (SSSR count). The molecule has 4 heteroatoms. The van der Waals surface area contributed by atoms with Gasteiger partial charge in [-0.2, -0.15) is 0 Å². The first-order valence-corrected chi connectivity index (χ1v) is 13.5. The van der Waals surface area contributed by atoms with Crippen molar-refractivity contribution in [1.29, 1.82) is 0 Å². The van der Waals surface area contributed by atoms with Gasteiger partial charge in [0.25, 0.3) is 5.91 Å². The number of aryl methyl sites for hydroxylation is 1. The van der Waals surface area contributed by atoms with E-state index in [4.69, 9.17) is 0 Å². The Labute approximate surface area is 224 Å². The van der Waals surface area contributed by atoms with Gasteiger partial charge in [0, 0.05) is 19.4 Å². The van der Waals surface area contributed by atoms with E-state index >= 15 is 0 Å². The lowest BCUT2D eigenvalue weighted by atomic mass is 10.1. The van der Waals surface area contributed by atoms with Crippen molar-refractivity contribution in [3.05, 3.63) is 102 Å². The minimum atomic E-state index is -0.317. The van der Waals surface area contributed by atoms with E-state index in [1.54, 1.807) is 18.2 Å². The molecule has 0 spiro atoms. The quantitative estimate of drug-likeness (QED) is 0.147. The van der Waals surface area contributed by atoms with Crippen LogP contribution in [0.1, 0.15) is 87.1 Å². The van der Waals surface area contributed by atoms with Crippen molar-refractivity contribution < 1.29 is 14.7 Å². The van der Waals surface area contributed by atoms with Crippen LogP contribution in [0.25, 0.3) is 0 Å². The minimum absolute atomic E-state index is 0.0232. The molecule has 0 saturated heterocycles. The maximum Gasteiger partial charge on any atom is 0.255 e. The van der Waals surface area contributed by atoms with Crippen molar-refractivity contribution in [2.24, 2.45) is 0 Å². The van der Waals surface area contributed by atoms with Gasteiger partial charge in [-0.15, -0.1) is 0 Å². The number of amides is 1. The largest absolute Gasteiger partial charge is 0.507 e. The molecule has 0 atom stereocenters. The summed E-state index contributed by atoms with van der Waals surface area (Å²) in [6.07, 6.45) is 34.2. The van der Waals surface area contributed by atoms with E-state index in [9.17, 15) is 14.7 Å². The summed E-state index contributed by atoms with van der Waals surface area (Å²) in [5.41, 5.74) is 1.15. The van der Waals surface area contributed by atoms with Gasteiger partial charge in [-0.1, -0.05) is 85.9 Å². The van der Waals surface area contributed by atoms with Crippen LogP contribution in [0, 0.1) is 6.92 Å². The van der Waals surface area contributed by atoms with Gasteiger partial charge in [-0.25, -0.2) is 0 Å². The number of benzene rings is 1. The Morgan fingerprint density at radius 1 is 0.757 bits per heavy atom. The summed E-state index contributed by atoms with van der Waals surface area (Å²) in [5, 5.41) is 12.6. The summed E-state index contributed by atoms with van der Waals surface area (Å²) >= 11 is 0. The van der Waals surface area contributed by atoms with Gasteiger partial charge < -0.3 is 10.4 Å². The SMILES string of the molecule is CC/C=C\C/C=C\C/C=C\C/C=C\C/C=C\C/C=C\CCC(=O)CCCNC(=O)c1ccc(C)cc1O. The zero-order valence-corrected chi connectivity index (χ0v) is 22.7. The second-order valence-electron chi connectivity index (χ2n) is 8.87. The summed E-state index contributed by atoms with van der Waals surface area (Å²) in [6.45, 7) is 4.42. The van der Waals surface area contributed by atoms with E-state index in [0.717, 1.165) is 50.5 Å². The van der Waals surface area contributed by atoms with Crippen molar-refractivity contribution in [3.8, 4) is 5.75 Å². The summed E-state index contributed by atoms with van der Waals surface area (Å²) in [7, 11) is 0. The Hall–Kier alpha value is -3.40. The maximum atomic E-state index is 12.1. The number of carbonyl (C=O) groups excluding carboxylic acids is 2. The predicted molar refractivity (Wildman–Crippen MR) is 157 cm³/mol. The highest BCUT2D eigenvalue weighted by molar-refractivity contribution is 5.96. The van der Waals surface area contributed by atoms with Gasteiger partial charge in [-0.05, 0) is 76.0 Å². The smallest absolute Gasteiger partial charge is 0.255 e. The third-order valence-electron chi connectivity index (χ3n) is 5.50. The molecule has 4 nitrogen and oxygen atoms in total. The molecule has 0 aliphatic heterocycles. The monoisotopic (exact) mass is 503 g/mol. The average Bonchev–Trinajstić information content (AvgIpc) is 2.88. The number of phenols is 1. The number of Topliss-reactive ketones (excluding diaryl/α,β-unsaturated/α-hetero) is 1. The lowest BCUT2D eigenvalue weighted by Gasteiger charge is -2.07. The number of rotatable bonds is 19. The molecule has 0 fully saturated rings. The van der Waals surface area contributed by atoms with E-state index < -0.39 is 0 Å². The van der Waals surface area contributed by atoms with Gasteiger partial charge in [0.15, 0.2) is 0 Å². The molecule has 0 aliphatic rings. The third kappa shape index (κ3) is 17.6. The van der Waals surface area contributed by atoms with Crippen LogP contribution in [-0.4, -0.2) is 23.3 Å². The summed E-state index contributed by atoms with van der Waals surface area (Å²) < 4.78 is 0. The van der Waals surface area contributed by atoms with Crippen molar-refractivity contribution >= 4 is 11.7 Å². The topological polar surface area (TPSA) is 66.4 Å². The number of ketones is 1. The first-order valence-electron chi connectivity index (χ1n) is 13.5. The molecule has 37 heavy (non-hydrogen) atoms. The lowest BCUT2D eigenvalue weighted by Crippen LogP contribution is -2.25. The number of carbonyl (C=O) groups is 2. The molecule has 200 valence electrons. The Bertz CT molecular complexity index is 964. The van der Waals surface area contributed by atoms with Crippen LogP contribution in [0.4, 0.5) is 0 Å². The molecule has 0 radical (unpaired) electrons. The van der Waals surface area contributed by atoms with Crippen LogP contribution < -0.4 is 5.32 Å². The molecular formula is C33H45NO3. The number of aromatic hydroxyl groups is 1. The molecule has 0 heterocycles. The van der Waals surface area contributed by atoms with Gasteiger partial charge in [-0.3, -0.25) is 9.59 Å². The Morgan fingerprint density at radius 2 is 1.27 bits per heavy atom. The van der Waals surface area contributed by atoms with Gasteiger partial charge >= 0.3 is 0 Å². The molecule has 1 amide bonds. The fraction of sp³-hybridized carbons (Fsp3) is 0.394. The van der Waals surface area contributed by atoms with Crippen LogP contribution in [-0.2, 0) is 4.79 Å². The zero-order valence-electron chi connectivity index (χ0n) is 22.7. The molecule has 2 N–H and O–H groups in total. The molecular weight excluding hydrogens is 458 g/mol. The van der Waals surface area contributed by atoms with E-state index in [1.165, 1.54) is 0 Å². The van der Waals surface area contributed by atoms with Crippen molar-refractivity contribution in [3.63, 3.8) is 0 Å². The number of nitrogens with one attached hydrogen (secondary N) is 1. The standard InChI is InChI=1S/C33H45NO3/c1-3-4-5-6-7-8-9-10-11-12-13-14-15-16-17-18-19-20-21-23-30(35)24-22-27-34-33(37)31-26-25-29(2)28-32(31)36/h4-5,7-8,10-11,13-14,16-17,19-20,25-26,28,36H,3,6,9,12,15,18,21-24,27H2,1-2H3,(H,34,37)/b5-4-,8-7-,11-10-,14-13-,17-16-,20-19-. The molecule has 0 saturated carbocycles. The average molecular weight is 504 g/mol. The predicted octanol–water partition coefficient (Wildman–Crippen LogP) is 8.26. The molecule has 1 aromatic rings. The van der Waals surface area contributed by atoms with Crippen LogP contribution in [0.2, 0.25) is 0 Å². The normalized spacial score (nSPS) is 12.4. The summed E-state index contributed by atoms with van der Waals surface area (Å²) in [6, 6.07) is 4.96. The second-order valence-corrected chi connectivity index (χ2v) is 8.87. The first kappa shape index (κ1) is 31.6. The van der Waals surface area contributed by atoms with E-state index in [1.807, 2.05) is 6.92 Å². The Balaban J connectivity index is 2.01. The van der Waals surface area contributed by atoms with Crippen molar-refractivity contribution in [2.75, 3.05) is 6.54 Å². The van der Waals surface area contributed by atoms with Crippen LogP contribution in [0.5, 0.6) is 5.75 Å². The Morgan fingerprint density at radius 3 is 1.78 bits per heavy atom. The minimum Gasteiger partial charge on any atom is -0.507 e. The van der Waals surface area contributed by atoms with E-state index in [0.29, 0.717) is 25.8 Å².